The van der Waals surface area contributed by atoms with Crippen molar-refractivity contribution in [2.75, 3.05) is 24.5 Å². The quantitative estimate of drug-likeness (QED) is 0.645. The molecule has 2 aromatic rings. The van der Waals surface area contributed by atoms with Gasteiger partial charge in [-0.25, -0.2) is 4.39 Å². The first-order valence-electron chi connectivity index (χ1n) is 11.5. The highest BCUT2D eigenvalue weighted by Gasteiger charge is 2.32. The van der Waals surface area contributed by atoms with Crippen LogP contribution in [0.25, 0.3) is 0 Å². The van der Waals surface area contributed by atoms with Gasteiger partial charge in [-0.3, -0.25) is 14.5 Å². The van der Waals surface area contributed by atoms with Crippen LogP contribution in [0.3, 0.4) is 0 Å². The number of nitrogens with zero attached hydrogens (tertiary/aromatic N) is 2. The summed E-state index contributed by atoms with van der Waals surface area (Å²) in [6.07, 6.45) is 5.79. The van der Waals surface area contributed by atoms with Gasteiger partial charge in [0.15, 0.2) is 5.78 Å². The fourth-order valence-electron chi connectivity index (χ4n) is 5.40. The first-order chi connectivity index (χ1) is 15.1. The predicted molar refractivity (Wildman–Crippen MR) is 119 cm³/mol. The van der Waals surface area contributed by atoms with E-state index in [0.29, 0.717) is 25.3 Å². The Morgan fingerprint density at radius 3 is 2.52 bits per heavy atom. The van der Waals surface area contributed by atoms with Gasteiger partial charge in [0.25, 0.3) is 0 Å². The zero-order chi connectivity index (χ0) is 21.4. The Bertz CT molecular complexity index is 1010. The molecule has 0 bridgehead atoms. The van der Waals surface area contributed by atoms with Crippen LogP contribution in [0.2, 0.25) is 0 Å². The molecular formula is C26H29FN2O2. The van der Waals surface area contributed by atoms with Crippen molar-refractivity contribution in [2.45, 2.75) is 51.5 Å². The fraction of sp³-hybridized carbons (Fsp3) is 0.462. The van der Waals surface area contributed by atoms with Crippen LogP contribution in [-0.4, -0.2) is 36.2 Å². The van der Waals surface area contributed by atoms with Crippen molar-refractivity contribution >= 4 is 17.4 Å². The maximum atomic E-state index is 13.9. The molecule has 3 aliphatic heterocycles. The van der Waals surface area contributed by atoms with Crippen molar-refractivity contribution in [2.24, 2.45) is 5.92 Å². The molecule has 5 heteroatoms. The van der Waals surface area contributed by atoms with Crippen LogP contribution < -0.4 is 4.90 Å². The smallest absolute Gasteiger partial charge is 0.227 e. The summed E-state index contributed by atoms with van der Waals surface area (Å²) in [5, 5.41) is 0. The normalized spacial score (nSPS) is 19.0. The average Bonchev–Trinajstić information content (AvgIpc) is 3.22. The summed E-state index contributed by atoms with van der Waals surface area (Å²) < 4.78 is 13.9. The number of carbonyl (C=O) groups excluding carboxylic acids is 2. The van der Waals surface area contributed by atoms with Crippen molar-refractivity contribution in [1.29, 1.82) is 0 Å². The SMILES string of the molecule is O=C(CCC1CCN(Cc2ccccc2F)CC1)c1cc2c3c(c1)CCN3C(=O)CC2. The standard InChI is InChI=1S/C26H29FN2O2/c27-23-4-2-1-3-21(23)17-28-12-9-18(10-13-28)5-7-24(30)22-15-19-6-8-25(31)29-14-11-20(16-22)26(19)29/h1-4,15-16,18H,5-14,17H2. The summed E-state index contributed by atoms with van der Waals surface area (Å²) in [6.45, 7) is 3.33. The lowest BCUT2D eigenvalue weighted by molar-refractivity contribution is -0.118. The highest BCUT2D eigenvalue weighted by molar-refractivity contribution is 6.02. The number of hydrogen-bond acceptors (Lipinski definition) is 3. The Balaban J connectivity index is 1.15. The molecule has 1 amide bonds. The number of rotatable bonds is 6. The van der Waals surface area contributed by atoms with Gasteiger partial charge < -0.3 is 4.90 Å². The number of ketones is 1. The Labute approximate surface area is 183 Å². The number of benzene rings is 2. The lowest BCUT2D eigenvalue weighted by Crippen LogP contribution is -2.33. The van der Waals surface area contributed by atoms with Crippen LogP contribution in [-0.2, 0) is 24.2 Å². The molecule has 1 saturated heterocycles. The Morgan fingerprint density at radius 1 is 1.00 bits per heavy atom. The zero-order valence-corrected chi connectivity index (χ0v) is 17.9. The van der Waals surface area contributed by atoms with Crippen LogP contribution in [0, 0.1) is 11.7 Å². The molecule has 0 aromatic heterocycles. The molecule has 3 heterocycles. The predicted octanol–water partition coefficient (Wildman–Crippen LogP) is 4.54. The third-order valence-electron chi connectivity index (χ3n) is 7.21. The van der Waals surface area contributed by atoms with Crippen LogP contribution in [0.1, 0.15) is 59.2 Å². The Morgan fingerprint density at radius 2 is 1.74 bits per heavy atom. The summed E-state index contributed by atoms with van der Waals surface area (Å²) in [5.41, 5.74) is 4.99. The summed E-state index contributed by atoms with van der Waals surface area (Å²) in [4.78, 5) is 29.2. The van der Waals surface area contributed by atoms with Crippen LogP contribution in [0.15, 0.2) is 36.4 Å². The third kappa shape index (κ3) is 4.16. The minimum atomic E-state index is -0.129. The molecule has 0 spiro atoms. The molecule has 2 aromatic carbocycles. The first kappa shape index (κ1) is 20.4. The van der Waals surface area contributed by atoms with E-state index in [9.17, 15) is 14.0 Å². The number of likely N-dealkylation sites (tertiary alicyclic amines) is 1. The minimum absolute atomic E-state index is 0.129. The topological polar surface area (TPSA) is 40.6 Å². The van der Waals surface area contributed by atoms with Gasteiger partial charge in [-0.15, -0.1) is 0 Å². The maximum Gasteiger partial charge on any atom is 0.227 e. The number of aryl methyl sites for hydroxylation is 1. The van der Waals surface area contributed by atoms with Crippen molar-refractivity contribution in [1.82, 2.24) is 4.90 Å². The van der Waals surface area contributed by atoms with Gasteiger partial charge in [0.2, 0.25) is 5.91 Å². The van der Waals surface area contributed by atoms with Crippen LogP contribution in [0.4, 0.5) is 10.1 Å². The van der Waals surface area contributed by atoms with Gasteiger partial charge in [0.05, 0.1) is 5.69 Å². The lowest BCUT2D eigenvalue weighted by Gasteiger charge is -2.32. The number of anilines is 1. The van der Waals surface area contributed by atoms with E-state index in [-0.39, 0.29) is 17.5 Å². The van der Waals surface area contributed by atoms with E-state index in [4.69, 9.17) is 0 Å². The molecule has 31 heavy (non-hydrogen) atoms. The molecule has 4 nitrogen and oxygen atoms in total. The van der Waals surface area contributed by atoms with E-state index in [1.54, 1.807) is 6.07 Å². The second-order valence-electron chi connectivity index (χ2n) is 9.21. The van der Waals surface area contributed by atoms with Crippen molar-refractivity contribution in [3.8, 4) is 0 Å². The molecule has 162 valence electrons. The van der Waals surface area contributed by atoms with Gasteiger partial charge in [-0.1, -0.05) is 18.2 Å². The highest BCUT2D eigenvalue weighted by atomic mass is 19.1. The highest BCUT2D eigenvalue weighted by Crippen LogP contribution is 2.38. The van der Waals surface area contributed by atoms with E-state index in [2.05, 4.69) is 4.90 Å². The number of hydrogen-bond donors (Lipinski definition) is 0. The fourth-order valence-corrected chi connectivity index (χ4v) is 5.40. The molecular weight excluding hydrogens is 391 g/mol. The number of piperidine rings is 1. The zero-order valence-electron chi connectivity index (χ0n) is 17.9. The molecule has 0 atom stereocenters. The van der Waals surface area contributed by atoms with Crippen molar-refractivity contribution in [3.05, 3.63) is 64.5 Å². The second-order valence-corrected chi connectivity index (χ2v) is 9.21. The Kier molecular flexibility index (Phi) is 5.61. The van der Waals surface area contributed by atoms with Crippen LogP contribution in [0.5, 0.6) is 0 Å². The van der Waals surface area contributed by atoms with Crippen LogP contribution >= 0.6 is 0 Å². The van der Waals surface area contributed by atoms with E-state index in [1.165, 1.54) is 11.6 Å². The second kappa shape index (κ2) is 8.54. The molecule has 0 aliphatic carbocycles. The summed E-state index contributed by atoms with van der Waals surface area (Å²) in [5.74, 6) is 0.868. The number of Topliss-reactive ketones (excluding diaryl/α,β-unsaturated/α-hetero) is 1. The summed E-state index contributed by atoms with van der Waals surface area (Å²) in [6, 6.07) is 11.1. The number of amides is 1. The monoisotopic (exact) mass is 420 g/mol. The molecule has 0 N–H and O–H groups in total. The van der Waals surface area contributed by atoms with Gasteiger partial charge in [0.1, 0.15) is 5.82 Å². The molecule has 0 saturated carbocycles. The van der Waals surface area contributed by atoms with Gasteiger partial charge in [-0.05, 0) is 80.4 Å². The molecule has 1 fully saturated rings. The van der Waals surface area contributed by atoms with E-state index in [1.807, 2.05) is 29.2 Å². The third-order valence-corrected chi connectivity index (χ3v) is 7.21. The minimum Gasteiger partial charge on any atom is -0.312 e. The Hall–Kier alpha value is -2.53. The summed E-state index contributed by atoms with van der Waals surface area (Å²) >= 11 is 0. The lowest BCUT2D eigenvalue weighted by atomic mass is 9.89. The van der Waals surface area contributed by atoms with E-state index < -0.39 is 0 Å². The van der Waals surface area contributed by atoms with E-state index >= 15 is 0 Å². The molecule has 0 unspecified atom stereocenters. The maximum absolute atomic E-state index is 13.9. The van der Waals surface area contributed by atoms with Crippen molar-refractivity contribution in [3.63, 3.8) is 0 Å². The number of halogens is 1. The first-order valence-corrected chi connectivity index (χ1v) is 11.5. The molecule has 0 radical (unpaired) electrons. The largest absolute Gasteiger partial charge is 0.312 e. The summed E-state index contributed by atoms with van der Waals surface area (Å²) in [7, 11) is 0. The van der Waals surface area contributed by atoms with Gasteiger partial charge >= 0.3 is 0 Å². The molecule has 3 aliphatic rings. The van der Waals surface area contributed by atoms with Gasteiger partial charge in [-0.2, -0.15) is 0 Å². The number of carbonyl (C=O) groups is 2. The van der Waals surface area contributed by atoms with Gasteiger partial charge in [0, 0.05) is 37.1 Å². The molecule has 5 rings (SSSR count). The average molecular weight is 421 g/mol. The van der Waals surface area contributed by atoms with Crippen molar-refractivity contribution < 1.29 is 14.0 Å². The van der Waals surface area contributed by atoms with E-state index in [0.717, 1.165) is 74.1 Å².